The second-order valence-corrected chi connectivity index (χ2v) is 15.8. The largest absolute Gasteiger partial charge is 0.480 e. The molecule has 3 atom stereocenters. The van der Waals surface area contributed by atoms with Gasteiger partial charge in [0.05, 0.1) is 11.3 Å². The van der Waals surface area contributed by atoms with Gasteiger partial charge in [-0.3, -0.25) is 34.3 Å². The number of piperazine rings is 1. The summed E-state index contributed by atoms with van der Waals surface area (Å²) in [7, 11) is 0. The van der Waals surface area contributed by atoms with Gasteiger partial charge in [-0.05, 0) is 59.7 Å². The highest BCUT2D eigenvalue weighted by atomic mass is 35.5. The van der Waals surface area contributed by atoms with Crippen molar-refractivity contribution in [2.75, 3.05) is 49.9 Å². The molecule has 3 amide bonds. The lowest BCUT2D eigenvalue weighted by atomic mass is 9.92. The Morgan fingerprint density at radius 2 is 1.25 bits per heavy atom. The molecule has 3 unspecified atom stereocenters. The fraction of sp³-hybridized carbons (Fsp3) is 0.500. The molecule has 1 heterocycles. The van der Waals surface area contributed by atoms with E-state index in [1.807, 2.05) is 44.4 Å². The number of rotatable bonds is 20. The van der Waals surface area contributed by atoms with E-state index in [-0.39, 0.29) is 55.4 Å². The van der Waals surface area contributed by atoms with Gasteiger partial charge in [0, 0.05) is 62.1 Å². The maximum atomic E-state index is 13.4. The Labute approximate surface area is 331 Å². The number of halogens is 1. The topological polar surface area (TPSA) is 236 Å². The molecule has 1 saturated heterocycles. The molecule has 0 saturated carbocycles. The number of amides is 3. The monoisotopic (exact) mass is 800 g/mol. The van der Waals surface area contributed by atoms with Crippen LogP contribution in [0, 0.1) is 21.4 Å². The van der Waals surface area contributed by atoms with Crippen LogP contribution < -0.4 is 26.6 Å². The van der Waals surface area contributed by atoms with Crippen molar-refractivity contribution in [1.29, 1.82) is 0 Å². The van der Waals surface area contributed by atoms with Crippen molar-refractivity contribution >= 4 is 52.6 Å². The van der Waals surface area contributed by atoms with Crippen LogP contribution in [-0.2, 0) is 30.4 Å². The number of carbonyl (C=O) groups is 5. The summed E-state index contributed by atoms with van der Waals surface area (Å²) in [4.78, 5) is 77.4. The molecule has 56 heavy (non-hydrogen) atoms. The van der Waals surface area contributed by atoms with Crippen molar-refractivity contribution < 1.29 is 39.1 Å². The van der Waals surface area contributed by atoms with Crippen LogP contribution in [-0.4, -0.2) is 112 Å². The van der Waals surface area contributed by atoms with Gasteiger partial charge in [-0.25, -0.2) is 9.59 Å². The molecule has 0 bridgehead atoms. The second-order valence-electron chi connectivity index (χ2n) is 15.4. The number of carbonyl (C=O) groups excluding carboxylic acids is 3. The third-order valence-electron chi connectivity index (χ3n) is 8.60. The van der Waals surface area contributed by atoms with E-state index in [2.05, 4.69) is 26.6 Å². The van der Waals surface area contributed by atoms with Gasteiger partial charge in [-0.2, -0.15) is 0 Å². The minimum absolute atomic E-state index is 0.00386. The highest BCUT2D eigenvalue weighted by Gasteiger charge is 2.31. The van der Waals surface area contributed by atoms with E-state index < -0.39 is 46.8 Å². The summed E-state index contributed by atoms with van der Waals surface area (Å²) >= 11 is 5.92. The average Bonchev–Trinajstić information content (AvgIpc) is 3.08. The SMILES string of the molecule is CC(C)CC(NC(=O)Cc1ccc(NC(=C[N+](=O)[O-])Nc2ccc(Cl)cc2)cc1)C(=O)NC(CN1CCN(CC(NC(=O)CC(C)(C)C)C(=O)O)CC1)C(=O)O. The Morgan fingerprint density at radius 3 is 1.70 bits per heavy atom. The fourth-order valence-corrected chi connectivity index (χ4v) is 6.05. The maximum absolute atomic E-state index is 13.4. The highest BCUT2D eigenvalue weighted by Crippen LogP contribution is 2.19. The lowest BCUT2D eigenvalue weighted by molar-refractivity contribution is -0.403. The number of anilines is 2. The quantitative estimate of drug-likeness (QED) is 0.0754. The summed E-state index contributed by atoms with van der Waals surface area (Å²) in [5.74, 6) is -3.73. The normalized spacial score (nSPS) is 15.6. The van der Waals surface area contributed by atoms with Gasteiger partial charge in [0.25, 0.3) is 6.20 Å². The number of aliphatic carboxylic acids is 2. The average molecular weight is 801 g/mol. The molecule has 7 N–H and O–H groups in total. The molecule has 17 nitrogen and oxygen atoms in total. The predicted octanol–water partition coefficient (Wildman–Crippen LogP) is 3.21. The number of nitro groups is 1. The van der Waals surface area contributed by atoms with Gasteiger partial charge < -0.3 is 36.8 Å². The van der Waals surface area contributed by atoms with Crippen molar-refractivity contribution in [2.45, 2.75) is 72.0 Å². The third-order valence-corrected chi connectivity index (χ3v) is 8.85. The summed E-state index contributed by atoms with van der Waals surface area (Å²) in [6, 6.07) is 9.86. The number of carboxylic acid groups (broad SMARTS) is 2. The van der Waals surface area contributed by atoms with Gasteiger partial charge in [0.1, 0.15) is 18.1 Å². The van der Waals surface area contributed by atoms with Crippen molar-refractivity contribution in [3.8, 4) is 0 Å². The standard InChI is InChI=1S/C38H53ClN8O9/c1-24(2)18-29(42-33(48)19-25-6-10-27(11-7-25)40-32(23-47(55)56)41-28-12-8-26(39)9-13-28)35(50)44-31(37(53)54)22-46-16-14-45(15-17-46)21-30(36(51)52)43-34(49)20-38(3,4)5/h6-13,23-24,29-31,40-41H,14-22H2,1-5H3,(H,42,48)(H,43,49)(H,44,50)(H,51,52)(H,53,54). The molecule has 306 valence electrons. The number of nitrogens with zero attached hydrogens (tertiary/aromatic N) is 3. The minimum Gasteiger partial charge on any atom is -0.480 e. The molecular weight excluding hydrogens is 748 g/mol. The molecule has 0 spiro atoms. The number of hydrogen-bond acceptors (Lipinski definition) is 11. The van der Waals surface area contributed by atoms with Crippen molar-refractivity contribution in [3.63, 3.8) is 0 Å². The van der Waals surface area contributed by atoms with Crippen LogP contribution in [0.25, 0.3) is 0 Å². The number of nitrogens with one attached hydrogen (secondary N) is 5. The van der Waals surface area contributed by atoms with Gasteiger partial charge in [0.2, 0.25) is 17.7 Å². The van der Waals surface area contributed by atoms with E-state index in [9.17, 15) is 44.3 Å². The van der Waals surface area contributed by atoms with Gasteiger partial charge in [-0.1, -0.05) is 58.4 Å². The van der Waals surface area contributed by atoms with E-state index in [4.69, 9.17) is 11.6 Å². The van der Waals surface area contributed by atoms with Crippen LogP contribution in [0.4, 0.5) is 11.4 Å². The highest BCUT2D eigenvalue weighted by molar-refractivity contribution is 6.30. The molecule has 18 heteroatoms. The molecule has 1 aliphatic rings. The Balaban J connectivity index is 1.55. The van der Waals surface area contributed by atoms with E-state index >= 15 is 0 Å². The summed E-state index contributed by atoms with van der Waals surface area (Å²) < 4.78 is 0. The van der Waals surface area contributed by atoms with Crippen molar-refractivity contribution in [2.24, 2.45) is 11.3 Å². The Hall–Kier alpha value is -5.26. The van der Waals surface area contributed by atoms with Crippen molar-refractivity contribution in [3.05, 3.63) is 81.3 Å². The first kappa shape index (κ1) is 45.1. The van der Waals surface area contributed by atoms with E-state index in [1.54, 1.807) is 48.5 Å². The van der Waals surface area contributed by atoms with E-state index in [1.165, 1.54) is 0 Å². The Bertz CT molecular complexity index is 1710. The fourth-order valence-electron chi connectivity index (χ4n) is 5.93. The summed E-state index contributed by atoms with van der Waals surface area (Å²) in [5, 5.41) is 45.2. The molecule has 1 aliphatic heterocycles. The van der Waals surface area contributed by atoms with Crippen LogP contribution in [0.3, 0.4) is 0 Å². The van der Waals surface area contributed by atoms with Gasteiger partial charge in [-0.15, -0.1) is 0 Å². The third kappa shape index (κ3) is 16.6. The smallest absolute Gasteiger partial charge is 0.327 e. The maximum Gasteiger partial charge on any atom is 0.327 e. The molecule has 2 aromatic rings. The predicted molar refractivity (Wildman–Crippen MR) is 211 cm³/mol. The molecule has 0 aliphatic carbocycles. The van der Waals surface area contributed by atoms with Gasteiger partial charge >= 0.3 is 11.9 Å². The first-order chi connectivity index (χ1) is 26.3. The van der Waals surface area contributed by atoms with Crippen molar-refractivity contribution in [1.82, 2.24) is 25.8 Å². The molecule has 0 aromatic heterocycles. The molecule has 3 rings (SSSR count). The molecular formula is C38H53ClN8O9. The zero-order valence-corrected chi connectivity index (χ0v) is 33.1. The van der Waals surface area contributed by atoms with Crippen LogP contribution in [0.2, 0.25) is 5.02 Å². The van der Waals surface area contributed by atoms with Crippen LogP contribution in [0.5, 0.6) is 0 Å². The first-order valence-corrected chi connectivity index (χ1v) is 18.7. The Kier molecular flexibility index (Phi) is 17.0. The van der Waals surface area contributed by atoms with Crippen LogP contribution >= 0.6 is 11.6 Å². The molecule has 1 fully saturated rings. The summed E-state index contributed by atoms with van der Waals surface area (Å²) in [6.07, 6.45) is 1.14. The van der Waals surface area contributed by atoms with Crippen LogP contribution in [0.15, 0.2) is 60.6 Å². The Morgan fingerprint density at radius 1 is 0.786 bits per heavy atom. The number of carboxylic acids is 2. The number of hydrogen-bond donors (Lipinski definition) is 7. The number of benzene rings is 2. The zero-order chi connectivity index (χ0) is 41.6. The zero-order valence-electron chi connectivity index (χ0n) is 32.3. The summed E-state index contributed by atoms with van der Waals surface area (Å²) in [6.45, 7) is 11.2. The lowest BCUT2D eigenvalue weighted by Gasteiger charge is -2.37. The molecule has 0 radical (unpaired) electrons. The lowest BCUT2D eigenvalue weighted by Crippen LogP contribution is -2.58. The first-order valence-electron chi connectivity index (χ1n) is 18.3. The van der Waals surface area contributed by atoms with Gasteiger partial charge in [0.15, 0.2) is 5.82 Å². The van der Waals surface area contributed by atoms with E-state index in [0.29, 0.717) is 48.1 Å². The molecule has 2 aromatic carbocycles. The summed E-state index contributed by atoms with van der Waals surface area (Å²) in [5.41, 5.74) is 1.38. The second kappa shape index (κ2) is 21.2. The van der Waals surface area contributed by atoms with E-state index in [0.717, 1.165) is 6.20 Å². The van der Waals surface area contributed by atoms with Crippen LogP contribution in [0.1, 0.15) is 53.0 Å². The minimum atomic E-state index is -1.27.